The van der Waals surface area contributed by atoms with Crippen molar-refractivity contribution in [3.63, 3.8) is 0 Å². The number of hydrogen-bond acceptors (Lipinski definition) is 4. The van der Waals surface area contributed by atoms with Gasteiger partial charge in [-0.3, -0.25) is 4.68 Å². The van der Waals surface area contributed by atoms with Gasteiger partial charge < -0.3 is 10.5 Å². The van der Waals surface area contributed by atoms with Crippen molar-refractivity contribution in [2.45, 2.75) is 20.0 Å². The second kappa shape index (κ2) is 5.48. The number of allylic oxidation sites excluding steroid dienone is 3. The Morgan fingerprint density at radius 3 is 2.79 bits per heavy atom. The maximum Gasteiger partial charge on any atom is 0.186 e. The number of nitrogens with zero attached hydrogens (tertiary/aromatic N) is 3. The number of halogens is 2. The van der Waals surface area contributed by atoms with Crippen molar-refractivity contribution >= 4 is 0 Å². The molecule has 0 bridgehead atoms. The summed E-state index contributed by atoms with van der Waals surface area (Å²) in [6.45, 7) is 2.26. The van der Waals surface area contributed by atoms with Crippen molar-refractivity contribution in [2.24, 2.45) is 17.6 Å². The number of hydrogen-bond donors (Lipinski definition) is 1. The van der Waals surface area contributed by atoms with Crippen molar-refractivity contribution in [3.8, 4) is 0 Å². The van der Waals surface area contributed by atoms with Crippen molar-refractivity contribution < 1.29 is 13.5 Å². The molecule has 0 radical (unpaired) electrons. The van der Waals surface area contributed by atoms with Gasteiger partial charge in [0.05, 0.1) is 13.7 Å². The second-order valence-corrected chi connectivity index (χ2v) is 4.44. The van der Waals surface area contributed by atoms with Gasteiger partial charge in [-0.2, -0.15) is 5.10 Å². The van der Waals surface area contributed by atoms with Gasteiger partial charge in [0.2, 0.25) is 0 Å². The number of aromatic nitrogens is 3. The third-order valence-corrected chi connectivity index (χ3v) is 3.20. The summed E-state index contributed by atoms with van der Waals surface area (Å²) in [7, 11) is 1.25. The molecule has 0 saturated heterocycles. The topological polar surface area (TPSA) is 66.0 Å². The molecule has 0 spiro atoms. The molecule has 5 nitrogen and oxygen atoms in total. The Bertz CT molecular complexity index is 524. The van der Waals surface area contributed by atoms with E-state index in [-0.39, 0.29) is 18.2 Å². The number of ether oxygens (including phenoxy) is 1. The molecular weight excluding hydrogens is 254 g/mol. The van der Waals surface area contributed by atoms with Crippen molar-refractivity contribution in [1.29, 1.82) is 0 Å². The van der Waals surface area contributed by atoms with Crippen molar-refractivity contribution in [1.82, 2.24) is 14.8 Å². The fraction of sp³-hybridized carbons (Fsp3) is 0.500. The Hall–Kier alpha value is -1.76. The molecule has 2 N–H and O–H groups in total. The van der Waals surface area contributed by atoms with E-state index in [1.807, 2.05) is 0 Å². The molecule has 0 saturated carbocycles. The molecule has 104 valence electrons. The molecule has 0 aromatic carbocycles. The molecule has 7 heteroatoms. The lowest BCUT2D eigenvalue weighted by molar-refractivity contribution is 0.230. The molecule has 0 fully saturated rings. The van der Waals surface area contributed by atoms with E-state index in [2.05, 4.69) is 10.1 Å². The van der Waals surface area contributed by atoms with Crippen LogP contribution in [0.5, 0.6) is 0 Å². The highest BCUT2D eigenvalue weighted by Gasteiger charge is 2.31. The predicted octanol–water partition coefficient (Wildman–Crippen LogP) is 1.68. The summed E-state index contributed by atoms with van der Waals surface area (Å²) in [6, 6.07) is 0. The zero-order chi connectivity index (χ0) is 14.0. The lowest BCUT2D eigenvalue weighted by Gasteiger charge is -2.25. The second-order valence-electron chi connectivity index (χ2n) is 4.44. The van der Waals surface area contributed by atoms with E-state index in [1.54, 1.807) is 6.92 Å². The summed E-state index contributed by atoms with van der Waals surface area (Å²) in [6.07, 6.45) is 2.87. The lowest BCUT2D eigenvalue weighted by Crippen LogP contribution is -2.22. The van der Waals surface area contributed by atoms with Gasteiger partial charge in [0, 0.05) is 18.4 Å². The highest BCUT2D eigenvalue weighted by Crippen LogP contribution is 2.36. The molecule has 2 atom stereocenters. The van der Waals surface area contributed by atoms with Crippen LogP contribution < -0.4 is 5.73 Å². The average Bonchev–Trinajstić information content (AvgIpc) is 2.84. The highest BCUT2D eigenvalue weighted by atomic mass is 19.1. The first kappa shape index (κ1) is 13.7. The van der Waals surface area contributed by atoms with Crippen molar-refractivity contribution in [3.05, 3.63) is 35.6 Å². The molecule has 2 rings (SSSR count). The fourth-order valence-corrected chi connectivity index (χ4v) is 2.05. The SMILES string of the molecule is COC1=C(F)C(C)C(Cn2cnc(CN)n2)C=C1F. The molecular formula is C12H16F2N4O. The van der Waals surface area contributed by atoms with Crippen LogP contribution in [0.2, 0.25) is 0 Å². The van der Waals surface area contributed by atoms with Crippen LogP contribution in [0.1, 0.15) is 12.7 Å². The Labute approximate surface area is 109 Å². The zero-order valence-corrected chi connectivity index (χ0v) is 10.8. The van der Waals surface area contributed by atoms with Crippen LogP contribution in [0.4, 0.5) is 8.78 Å². The van der Waals surface area contributed by atoms with Crippen LogP contribution in [0, 0.1) is 11.8 Å². The summed E-state index contributed by atoms with van der Waals surface area (Å²) in [5.41, 5.74) is 5.41. The van der Waals surface area contributed by atoms with Crippen LogP contribution >= 0.6 is 0 Å². The Balaban J connectivity index is 2.16. The van der Waals surface area contributed by atoms with Crippen molar-refractivity contribution in [2.75, 3.05) is 7.11 Å². The largest absolute Gasteiger partial charge is 0.491 e. The van der Waals surface area contributed by atoms with E-state index >= 15 is 0 Å². The first-order valence-electron chi connectivity index (χ1n) is 5.96. The van der Waals surface area contributed by atoms with E-state index in [0.717, 1.165) is 0 Å². The van der Waals surface area contributed by atoms with Crippen LogP contribution in [0.25, 0.3) is 0 Å². The smallest absolute Gasteiger partial charge is 0.186 e. The first-order valence-corrected chi connectivity index (χ1v) is 5.96. The Morgan fingerprint density at radius 2 is 2.21 bits per heavy atom. The van der Waals surface area contributed by atoms with E-state index in [9.17, 15) is 8.78 Å². The first-order chi connectivity index (χ1) is 9.06. The Morgan fingerprint density at radius 1 is 1.47 bits per heavy atom. The third-order valence-electron chi connectivity index (χ3n) is 3.20. The molecule has 1 aromatic heterocycles. The molecule has 1 aromatic rings. The monoisotopic (exact) mass is 270 g/mol. The highest BCUT2D eigenvalue weighted by molar-refractivity contribution is 5.29. The summed E-state index contributed by atoms with van der Waals surface area (Å²) in [5, 5.41) is 4.11. The van der Waals surface area contributed by atoms with Gasteiger partial charge >= 0.3 is 0 Å². The number of rotatable bonds is 4. The van der Waals surface area contributed by atoms with Crippen LogP contribution in [-0.2, 0) is 17.8 Å². The summed E-state index contributed by atoms with van der Waals surface area (Å²) in [5.74, 6) is -1.88. The van der Waals surface area contributed by atoms with Crippen LogP contribution in [-0.4, -0.2) is 21.9 Å². The normalized spacial score (nSPS) is 23.5. The summed E-state index contributed by atoms with van der Waals surface area (Å²) in [4.78, 5) is 3.98. The summed E-state index contributed by atoms with van der Waals surface area (Å²) < 4.78 is 33.9. The molecule has 2 unspecified atom stereocenters. The minimum atomic E-state index is -0.678. The fourth-order valence-electron chi connectivity index (χ4n) is 2.05. The lowest BCUT2D eigenvalue weighted by atomic mass is 9.88. The van der Waals surface area contributed by atoms with Gasteiger partial charge in [-0.25, -0.2) is 13.8 Å². The standard InChI is InChI=1S/C12H16F2N4O/c1-7-8(3-9(13)12(19-2)11(7)14)5-18-6-16-10(4-15)17-18/h3,6-8H,4-5,15H2,1-2H3. The van der Waals surface area contributed by atoms with E-state index in [1.165, 1.54) is 24.2 Å². The van der Waals surface area contributed by atoms with Crippen LogP contribution in [0.3, 0.4) is 0 Å². The van der Waals surface area contributed by atoms with Gasteiger partial charge in [0.1, 0.15) is 12.2 Å². The minimum Gasteiger partial charge on any atom is -0.491 e. The molecule has 1 heterocycles. The average molecular weight is 270 g/mol. The summed E-state index contributed by atoms with van der Waals surface area (Å²) >= 11 is 0. The predicted molar refractivity (Wildman–Crippen MR) is 64.9 cm³/mol. The van der Waals surface area contributed by atoms with E-state index < -0.39 is 17.6 Å². The van der Waals surface area contributed by atoms with Crippen LogP contribution in [0.15, 0.2) is 29.8 Å². The maximum absolute atomic E-state index is 13.9. The zero-order valence-electron chi connectivity index (χ0n) is 10.8. The van der Waals surface area contributed by atoms with E-state index in [4.69, 9.17) is 10.5 Å². The molecule has 1 aliphatic carbocycles. The quantitative estimate of drug-likeness (QED) is 0.904. The van der Waals surface area contributed by atoms with Gasteiger partial charge in [0.25, 0.3) is 0 Å². The molecule has 0 amide bonds. The number of nitrogens with two attached hydrogens (primary N) is 1. The number of methoxy groups -OCH3 is 1. The van der Waals surface area contributed by atoms with Gasteiger partial charge in [-0.05, 0) is 6.08 Å². The molecule has 0 aliphatic heterocycles. The van der Waals surface area contributed by atoms with Gasteiger partial charge in [-0.1, -0.05) is 6.92 Å². The minimum absolute atomic E-state index is 0.236. The molecule has 19 heavy (non-hydrogen) atoms. The maximum atomic E-state index is 13.9. The van der Waals surface area contributed by atoms with E-state index in [0.29, 0.717) is 12.4 Å². The van der Waals surface area contributed by atoms with Gasteiger partial charge in [0.15, 0.2) is 17.4 Å². The molecule has 1 aliphatic rings. The van der Waals surface area contributed by atoms with Gasteiger partial charge in [-0.15, -0.1) is 0 Å². The third kappa shape index (κ3) is 2.65. The Kier molecular flexibility index (Phi) is 3.94.